The van der Waals surface area contributed by atoms with Crippen molar-refractivity contribution >= 4 is 23.7 Å². The largest absolute Gasteiger partial charge is 0.460 e. The summed E-state index contributed by atoms with van der Waals surface area (Å²) in [7, 11) is 0. The number of fused-ring (bicyclic) bond motifs is 2. The average Bonchev–Trinajstić information content (AvgIpc) is 3.56. The van der Waals surface area contributed by atoms with Gasteiger partial charge in [0.25, 0.3) is 0 Å². The molecule has 10 heteroatoms. The van der Waals surface area contributed by atoms with Crippen LogP contribution in [0.25, 0.3) is 0 Å². The number of rotatable bonds is 9. The van der Waals surface area contributed by atoms with E-state index in [0.29, 0.717) is 38.8 Å². The summed E-state index contributed by atoms with van der Waals surface area (Å²) in [5.74, 6) is -2.84. The number of unbranched alkanes of at least 4 members (excludes halogenated alkanes) is 3. The first kappa shape index (κ1) is 30.2. The summed E-state index contributed by atoms with van der Waals surface area (Å²) in [5, 5.41) is 12.0. The lowest BCUT2D eigenvalue weighted by atomic mass is 9.74. The van der Waals surface area contributed by atoms with E-state index in [1.807, 2.05) is 30.1 Å². The number of hydrogen-bond acceptors (Lipinski definition) is 7. The maximum atomic E-state index is 14.5. The number of cyclic esters (lactones) is 1. The van der Waals surface area contributed by atoms with Crippen LogP contribution in [0.15, 0.2) is 24.3 Å². The number of nitrogens with zero attached hydrogens (tertiary/aromatic N) is 2. The number of ether oxygens (including phenoxy) is 2. The summed E-state index contributed by atoms with van der Waals surface area (Å²) in [6, 6.07) is -0.959. The summed E-state index contributed by atoms with van der Waals surface area (Å²) < 4.78 is 12.1. The van der Waals surface area contributed by atoms with Gasteiger partial charge in [0, 0.05) is 32.2 Å². The lowest BCUT2D eigenvalue weighted by Gasteiger charge is -2.38. The van der Waals surface area contributed by atoms with E-state index in [0.717, 1.165) is 25.7 Å². The van der Waals surface area contributed by atoms with Crippen LogP contribution in [0, 0.1) is 11.8 Å². The summed E-state index contributed by atoms with van der Waals surface area (Å²) in [4.78, 5) is 57.8. The Labute approximate surface area is 237 Å². The minimum atomic E-state index is -1.23. The molecular weight excluding hydrogens is 514 g/mol. The van der Waals surface area contributed by atoms with Crippen LogP contribution in [0.1, 0.15) is 72.1 Å². The van der Waals surface area contributed by atoms with Crippen molar-refractivity contribution in [3.8, 4) is 0 Å². The molecule has 4 aliphatic heterocycles. The molecule has 0 radical (unpaired) electrons. The van der Waals surface area contributed by atoms with Crippen molar-refractivity contribution in [1.29, 1.82) is 0 Å². The van der Waals surface area contributed by atoms with Crippen molar-refractivity contribution in [3.05, 3.63) is 24.3 Å². The van der Waals surface area contributed by atoms with E-state index < -0.39 is 41.7 Å². The Morgan fingerprint density at radius 1 is 1.12 bits per heavy atom. The molecule has 0 aromatic rings. The summed E-state index contributed by atoms with van der Waals surface area (Å²) in [5.41, 5.74) is -1.23. The second-order valence-electron chi connectivity index (χ2n) is 11.6. The highest BCUT2D eigenvalue weighted by Gasteiger charge is 2.73. The normalized spacial score (nSPS) is 34.1. The van der Waals surface area contributed by atoms with Gasteiger partial charge in [0.15, 0.2) is 0 Å². The fourth-order valence-electron chi connectivity index (χ4n) is 6.61. The van der Waals surface area contributed by atoms with Crippen molar-refractivity contribution < 1.29 is 33.8 Å². The van der Waals surface area contributed by atoms with Gasteiger partial charge in [0.2, 0.25) is 17.7 Å². The highest BCUT2D eigenvalue weighted by molar-refractivity contribution is 5.99. The molecule has 1 spiro atoms. The standard InChI is InChI=1S/C30H45N3O7/c1-4-12-20(2)32-16-10-7-8-13-23(35)31-19-21(3)39-29(38)24-22-14-15-30(40-22)25(24)27(36)33(26(30)28(32)37)17-9-5-6-11-18-34/h7,10,14-15,20-22,24-26,34H,4-6,8-9,11-13,16-19H2,1-3H3,(H,31,35)/b10-7-/t20?,21-,22+,24-,25-,26+,30-/m1/s1. The first-order valence-corrected chi connectivity index (χ1v) is 15.0. The zero-order valence-electron chi connectivity index (χ0n) is 24.0. The number of aliphatic hydroxyl groups is 1. The van der Waals surface area contributed by atoms with Crippen molar-refractivity contribution in [2.45, 2.75) is 102 Å². The van der Waals surface area contributed by atoms with Crippen molar-refractivity contribution in [3.63, 3.8) is 0 Å². The van der Waals surface area contributed by atoms with Gasteiger partial charge in [-0.2, -0.15) is 0 Å². The van der Waals surface area contributed by atoms with Crippen LogP contribution in [-0.2, 0) is 28.7 Å². The van der Waals surface area contributed by atoms with Gasteiger partial charge in [-0.05, 0) is 39.5 Å². The van der Waals surface area contributed by atoms with Crippen LogP contribution < -0.4 is 5.32 Å². The van der Waals surface area contributed by atoms with Crippen LogP contribution in [0.5, 0.6) is 0 Å². The van der Waals surface area contributed by atoms with Crippen LogP contribution in [0.3, 0.4) is 0 Å². The Balaban J connectivity index is 1.71. The highest BCUT2D eigenvalue weighted by atomic mass is 16.6. The van der Waals surface area contributed by atoms with Crippen LogP contribution in [-0.4, -0.2) is 94.7 Å². The SMILES string of the molecule is CCCC(C)N1C/C=C\CCC(=O)NC[C@@H](C)OC(=O)[C@@H]2[C@@H]3C=C[C@]4(O3)[C@H](C1=O)N(CCCCCCO)C(=O)[C@@H]24. The Morgan fingerprint density at radius 2 is 1.90 bits per heavy atom. The number of carbonyl (C=O) groups is 4. The van der Waals surface area contributed by atoms with Gasteiger partial charge in [-0.1, -0.05) is 50.5 Å². The number of carbonyl (C=O) groups excluding carboxylic acids is 4. The molecule has 5 bridgehead atoms. The minimum Gasteiger partial charge on any atom is -0.460 e. The molecule has 222 valence electrons. The number of aliphatic hydroxyl groups excluding tert-OH is 1. The Morgan fingerprint density at radius 3 is 2.65 bits per heavy atom. The van der Waals surface area contributed by atoms with E-state index in [2.05, 4.69) is 12.2 Å². The molecule has 2 saturated heterocycles. The summed E-state index contributed by atoms with van der Waals surface area (Å²) in [6.07, 6.45) is 11.8. The third kappa shape index (κ3) is 5.98. The van der Waals surface area contributed by atoms with E-state index in [1.54, 1.807) is 17.9 Å². The molecule has 2 N–H and O–H groups in total. The van der Waals surface area contributed by atoms with Crippen LogP contribution in [0.4, 0.5) is 0 Å². The highest BCUT2D eigenvalue weighted by Crippen LogP contribution is 2.55. The molecule has 2 fully saturated rings. The molecule has 0 aliphatic carbocycles. The smallest absolute Gasteiger partial charge is 0.313 e. The summed E-state index contributed by atoms with van der Waals surface area (Å²) in [6.45, 7) is 6.82. The first-order chi connectivity index (χ1) is 19.2. The van der Waals surface area contributed by atoms with Gasteiger partial charge >= 0.3 is 5.97 Å². The van der Waals surface area contributed by atoms with Gasteiger partial charge in [-0.25, -0.2) is 0 Å². The minimum absolute atomic E-state index is 0.0753. The number of amides is 3. The van der Waals surface area contributed by atoms with Crippen molar-refractivity contribution in [2.75, 3.05) is 26.2 Å². The molecule has 10 nitrogen and oxygen atoms in total. The fourth-order valence-corrected chi connectivity index (χ4v) is 6.61. The number of esters is 1. The van der Waals surface area contributed by atoms with E-state index in [9.17, 15) is 19.2 Å². The van der Waals surface area contributed by atoms with Gasteiger partial charge in [-0.3, -0.25) is 19.2 Å². The van der Waals surface area contributed by atoms with E-state index in [4.69, 9.17) is 14.6 Å². The third-order valence-electron chi connectivity index (χ3n) is 8.62. The van der Waals surface area contributed by atoms with Gasteiger partial charge < -0.3 is 29.7 Å². The second kappa shape index (κ2) is 13.3. The zero-order valence-corrected chi connectivity index (χ0v) is 24.0. The van der Waals surface area contributed by atoms with Gasteiger partial charge in [-0.15, -0.1) is 0 Å². The Hall–Kier alpha value is -2.72. The average molecular weight is 560 g/mol. The molecule has 7 atom stereocenters. The first-order valence-electron chi connectivity index (χ1n) is 15.0. The monoisotopic (exact) mass is 559 g/mol. The zero-order chi connectivity index (χ0) is 28.9. The van der Waals surface area contributed by atoms with E-state index >= 15 is 0 Å². The Kier molecular flexibility index (Phi) is 10.1. The Bertz CT molecular complexity index is 1010. The molecule has 4 heterocycles. The predicted octanol–water partition coefficient (Wildman–Crippen LogP) is 2.10. The lowest BCUT2D eigenvalue weighted by molar-refractivity contribution is -0.158. The van der Waals surface area contributed by atoms with Crippen LogP contribution >= 0.6 is 0 Å². The van der Waals surface area contributed by atoms with Crippen LogP contribution in [0.2, 0.25) is 0 Å². The molecule has 1 unspecified atom stereocenters. The summed E-state index contributed by atoms with van der Waals surface area (Å²) >= 11 is 0. The fraction of sp³-hybridized carbons (Fsp3) is 0.733. The number of nitrogens with one attached hydrogen (secondary N) is 1. The van der Waals surface area contributed by atoms with E-state index in [1.165, 1.54) is 0 Å². The maximum Gasteiger partial charge on any atom is 0.313 e. The number of likely N-dealkylation sites (tertiary alicyclic amines) is 1. The molecule has 3 amide bonds. The molecule has 40 heavy (non-hydrogen) atoms. The second-order valence-corrected chi connectivity index (χ2v) is 11.6. The lowest BCUT2D eigenvalue weighted by Crippen LogP contribution is -2.57. The molecule has 4 aliphatic rings. The van der Waals surface area contributed by atoms with Crippen molar-refractivity contribution in [1.82, 2.24) is 15.1 Å². The molecule has 0 aromatic carbocycles. The molecular formula is C30H45N3O7. The molecule has 0 aromatic heterocycles. The number of hydrogen-bond donors (Lipinski definition) is 2. The predicted molar refractivity (Wildman–Crippen MR) is 148 cm³/mol. The number of allylic oxidation sites excluding steroid dienone is 1. The quantitative estimate of drug-likeness (QED) is 0.252. The maximum absolute atomic E-state index is 14.5. The van der Waals surface area contributed by atoms with Gasteiger partial charge in [0.05, 0.1) is 18.6 Å². The molecule has 0 saturated carbocycles. The topological polar surface area (TPSA) is 125 Å². The van der Waals surface area contributed by atoms with Crippen molar-refractivity contribution in [2.24, 2.45) is 11.8 Å². The third-order valence-corrected chi connectivity index (χ3v) is 8.62. The molecule has 4 rings (SSSR count). The van der Waals surface area contributed by atoms with Gasteiger partial charge in [0.1, 0.15) is 23.7 Å². The van der Waals surface area contributed by atoms with E-state index in [-0.39, 0.29) is 36.9 Å².